The maximum absolute atomic E-state index is 14.9. The third-order valence-electron chi connectivity index (χ3n) is 16.7. The van der Waals surface area contributed by atoms with Gasteiger partial charge in [-0.3, -0.25) is 0 Å². The molecule has 15 heteroatoms. The predicted molar refractivity (Wildman–Crippen MR) is 331 cm³/mol. The Morgan fingerprint density at radius 1 is 0.438 bits per heavy atom. The van der Waals surface area contributed by atoms with Gasteiger partial charge >= 0.3 is 0 Å². The Morgan fingerprint density at radius 3 is 0.904 bits per heavy atom. The molecule has 0 aromatic heterocycles. The fourth-order valence-corrected chi connectivity index (χ4v) is 18.4. The molecule has 4 unspecified atom stereocenters. The zero-order valence-corrected chi connectivity index (χ0v) is 58.3. The highest BCUT2D eigenvalue weighted by molar-refractivity contribution is 7.78. The molecular weight excluding hydrogens is 1020 g/mol. The first kappa shape index (κ1) is 66.5. The summed E-state index contributed by atoms with van der Waals surface area (Å²) in [5.41, 5.74) is 2.51. The topological polar surface area (TPSA) is 92.7 Å². The summed E-state index contributed by atoms with van der Waals surface area (Å²) in [6, 6.07) is 20.0. The summed E-state index contributed by atoms with van der Waals surface area (Å²) >= 11 is 0. The van der Waals surface area contributed by atoms with Gasteiger partial charge in [0.2, 0.25) is 0 Å². The first-order valence-corrected chi connectivity index (χ1v) is 47.8. The minimum atomic E-state index is -2.88. The third kappa shape index (κ3) is 18.9. The second-order valence-corrected chi connectivity index (χ2v) is 60.2. The molecule has 0 heterocycles. The highest BCUT2D eigenvalue weighted by atomic mass is 31.2. The molecule has 0 bridgehead atoms. The number of benzene rings is 2. The van der Waals surface area contributed by atoms with Gasteiger partial charge in [-0.2, -0.15) is 0 Å². The SMILES string of the molecule is CC(C)(C)[Si](C)(C)OC1CC(=CCO)CC(O[Si](C)(C)C(C)(C)C)C1O[Si](C)(C)C.CC(C)(C)[Si](C)(C)OC1CC(=CCP(=O)(c2ccccc2)c2ccccc2)CC(O[Si](C)(C)C(C)(C)C)C1O[Si](C)(C)C. The van der Waals surface area contributed by atoms with E-state index in [9.17, 15) is 9.67 Å². The summed E-state index contributed by atoms with van der Waals surface area (Å²) < 4.78 is 57.0. The third-order valence-corrected chi connectivity index (χ3v) is 39.6. The van der Waals surface area contributed by atoms with Crippen LogP contribution in [-0.2, 0) is 31.1 Å². The number of aliphatic hydroxyl groups excluding tert-OH is 1. The van der Waals surface area contributed by atoms with E-state index >= 15 is 0 Å². The molecule has 73 heavy (non-hydrogen) atoms. The van der Waals surface area contributed by atoms with Crippen LogP contribution in [0.5, 0.6) is 0 Å². The van der Waals surface area contributed by atoms with Crippen LogP contribution in [-0.4, -0.2) is 104 Å². The molecule has 2 fully saturated rings. The van der Waals surface area contributed by atoms with E-state index in [1.54, 1.807) is 0 Å². The number of rotatable bonds is 17. The molecule has 0 spiro atoms. The number of hydrogen-bond donors (Lipinski definition) is 1. The van der Waals surface area contributed by atoms with Crippen LogP contribution < -0.4 is 10.6 Å². The van der Waals surface area contributed by atoms with E-state index in [-0.39, 0.29) is 63.4 Å². The molecule has 1 N–H and O–H groups in total. The minimum absolute atomic E-state index is 0.0288. The molecule has 4 rings (SSSR count). The van der Waals surface area contributed by atoms with Crippen LogP contribution in [0.25, 0.3) is 0 Å². The molecule has 0 amide bonds. The first-order chi connectivity index (χ1) is 32.8. The monoisotopic (exact) mass is 1130 g/mol. The van der Waals surface area contributed by atoms with Gasteiger partial charge in [0.1, 0.15) is 7.14 Å². The van der Waals surface area contributed by atoms with E-state index in [1.165, 1.54) is 11.1 Å². The average Bonchev–Trinajstić information content (AvgIpc) is 3.20. The second kappa shape index (κ2) is 24.7. The highest BCUT2D eigenvalue weighted by Crippen LogP contribution is 2.48. The zero-order chi connectivity index (χ0) is 56.2. The lowest BCUT2D eigenvalue weighted by Crippen LogP contribution is -2.58. The summed E-state index contributed by atoms with van der Waals surface area (Å²) in [4.78, 5) is 0. The largest absolute Gasteiger partial charge is 0.411 e. The number of hydrogen-bond acceptors (Lipinski definition) is 8. The zero-order valence-electron chi connectivity index (χ0n) is 51.4. The van der Waals surface area contributed by atoms with Gasteiger partial charge in [-0.15, -0.1) is 0 Å². The van der Waals surface area contributed by atoms with Gasteiger partial charge in [-0.25, -0.2) is 0 Å². The van der Waals surface area contributed by atoms with Gasteiger partial charge in [-0.05, 0) is 137 Å². The Kier molecular flexibility index (Phi) is 22.5. The fourth-order valence-electron chi connectivity index (χ4n) is 8.34. The van der Waals surface area contributed by atoms with Crippen molar-refractivity contribution in [2.45, 2.75) is 257 Å². The van der Waals surface area contributed by atoms with Crippen molar-refractivity contribution in [3.05, 3.63) is 84.0 Å². The Hall–Kier alpha value is -0.829. The van der Waals surface area contributed by atoms with Gasteiger partial charge in [0.05, 0.1) is 43.2 Å². The van der Waals surface area contributed by atoms with Crippen LogP contribution in [0.15, 0.2) is 84.0 Å². The van der Waals surface area contributed by atoms with Gasteiger partial charge in [-0.1, -0.05) is 167 Å². The normalized spacial score (nSPS) is 22.7. The molecule has 4 atom stereocenters. The van der Waals surface area contributed by atoms with E-state index < -0.39 is 57.0 Å². The smallest absolute Gasteiger partial charge is 0.192 e. The van der Waals surface area contributed by atoms with Gasteiger partial charge < -0.3 is 36.2 Å². The Morgan fingerprint density at radius 2 is 0.685 bits per heavy atom. The van der Waals surface area contributed by atoms with Crippen LogP contribution in [0.2, 0.25) is 112 Å². The first-order valence-electron chi connectivity index (χ1n) is 27.5. The van der Waals surface area contributed by atoms with Crippen LogP contribution in [0, 0.1) is 0 Å². The van der Waals surface area contributed by atoms with Crippen molar-refractivity contribution < 1.29 is 36.2 Å². The molecule has 2 aliphatic carbocycles. The summed E-state index contributed by atoms with van der Waals surface area (Å²) in [5.74, 6) is 0. The van der Waals surface area contributed by atoms with E-state index in [1.807, 2.05) is 66.7 Å². The van der Waals surface area contributed by atoms with Crippen molar-refractivity contribution in [3.63, 3.8) is 0 Å². The highest BCUT2D eigenvalue weighted by Gasteiger charge is 2.51. The minimum Gasteiger partial charge on any atom is -0.411 e. The second-order valence-electron chi connectivity index (χ2n) is 29.4. The Balaban J connectivity index is 0.000000412. The van der Waals surface area contributed by atoms with E-state index in [0.29, 0.717) is 6.16 Å². The van der Waals surface area contributed by atoms with Gasteiger partial charge in [0.15, 0.2) is 49.9 Å². The van der Waals surface area contributed by atoms with Crippen LogP contribution in [0.1, 0.15) is 109 Å². The quantitative estimate of drug-likeness (QED) is 0.0951. The molecular formula is C58H109O8PSi6. The number of allylic oxidation sites excluding steroid dienone is 1. The van der Waals surface area contributed by atoms with Gasteiger partial charge in [0.25, 0.3) is 0 Å². The summed E-state index contributed by atoms with van der Waals surface area (Å²) in [5, 5.41) is 11.8. The standard InChI is InChI=1S/C35H59O4PSi3.C23H50O4Si3/c1-34(2,3)42(10,11)37-31-26-28(27-32(33(31)39-41(7,8)9)38-43(12,13)35(4,5)6)24-25-40(36,29-20-16-14-17-21-29)30-22-18-15-19-23-30;1-22(2,3)29(10,11)25-19-16-18(14-15-24)17-20(21(19)27-28(7,8)9)26-30(12,13)23(4,5)6/h14-24,31-33H,25-27H2,1-13H3;14,19-21,24H,15-17H2,1-13H3. The maximum Gasteiger partial charge on any atom is 0.192 e. The lowest BCUT2D eigenvalue weighted by Gasteiger charge is -2.49. The van der Waals surface area contributed by atoms with Crippen LogP contribution >= 0.6 is 7.14 Å². The maximum atomic E-state index is 14.9. The fraction of sp³-hybridized carbons (Fsp3) is 0.724. The van der Waals surface area contributed by atoms with Crippen molar-refractivity contribution in [2.24, 2.45) is 0 Å². The Labute approximate surface area is 455 Å². The van der Waals surface area contributed by atoms with Crippen molar-refractivity contribution in [3.8, 4) is 0 Å². The van der Waals surface area contributed by atoms with Crippen molar-refractivity contribution >= 4 is 67.7 Å². The molecule has 2 saturated carbocycles. The molecule has 8 nitrogen and oxygen atoms in total. The summed E-state index contributed by atoms with van der Waals surface area (Å²) in [7, 11) is -14.8. The lowest BCUT2D eigenvalue weighted by atomic mass is 9.88. The van der Waals surface area contributed by atoms with E-state index in [4.69, 9.17) is 26.6 Å². The molecule has 2 aliphatic rings. The van der Waals surface area contributed by atoms with Crippen molar-refractivity contribution in [2.75, 3.05) is 12.8 Å². The van der Waals surface area contributed by atoms with Crippen LogP contribution in [0.4, 0.5) is 0 Å². The molecule has 0 saturated heterocycles. The van der Waals surface area contributed by atoms with E-state index in [0.717, 1.165) is 36.3 Å². The molecule has 0 radical (unpaired) electrons. The number of aliphatic hydroxyl groups is 1. The van der Waals surface area contributed by atoms with Crippen molar-refractivity contribution in [1.29, 1.82) is 0 Å². The van der Waals surface area contributed by atoms with Gasteiger partial charge in [0, 0.05) is 16.8 Å². The van der Waals surface area contributed by atoms with E-state index in [2.05, 4.69) is 181 Å². The molecule has 2 aromatic carbocycles. The molecule has 2 aromatic rings. The molecule has 418 valence electrons. The lowest BCUT2D eigenvalue weighted by molar-refractivity contribution is -0.0503. The summed E-state index contributed by atoms with van der Waals surface area (Å²) in [6.45, 7) is 59.7. The summed E-state index contributed by atoms with van der Waals surface area (Å²) in [6.07, 6.45) is 7.45. The predicted octanol–water partition coefficient (Wildman–Crippen LogP) is 16.4. The van der Waals surface area contributed by atoms with Crippen molar-refractivity contribution in [1.82, 2.24) is 0 Å². The van der Waals surface area contributed by atoms with Crippen LogP contribution in [0.3, 0.4) is 0 Å². The molecule has 0 aliphatic heterocycles. The Bertz CT molecular complexity index is 2030. The average molecular weight is 1130 g/mol.